The number of benzene rings is 1. The Hall–Kier alpha value is -1.18. The summed E-state index contributed by atoms with van der Waals surface area (Å²) in [6.07, 6.45) is 7.51. The average molecular weight is 250 g/mol. The molecule has 1 aromatic carbocycles. The Morgan fingerprint density at radius 3 is 2.22 bits per heavy atom. The van der Waals surface area contributed by atoms with Crippen LogP contribution < -0.4 is 4.74 Å². The molecule has 0 aromatic heterocycles. The number of hydrogen-bond donors (Lipinski definition) is 1. The van der Waals surface area contributed by atoms with Gasteiger partial charge in [-0.3, -0.25) is 0 Å². The summed E-state index contributed by atoms with van der Waals surface area (Å²) in [5, 5.41) is 9.22. The summed E-state index contributed by atoms with van der Waals surface area (Å²) in [5.41, 5.74) is -0.136. The quantitative estimate of drug-likeness (QED) is 0.664. The minimum Gasteiger partial charge on any atom is -0.508 e. The molecule has 102 valence electrons. The molecule has 0 heterocycles. The van der Waals surface area contributed by atoms with Crippen molar-refractivity contribution < 1.29 is 9.84 Å². The maximum atomic E-state index is 9.22. The molecule has 0 radical (unpaired) electrons. The number of ether oxygens (including phenoxy) is 1. The maximum absolute atomic E-state index is 9.22. The van der Waals surface area contributed by atoms with E-state index in [1.165, 1.54) is 32.1 Å². The van der Waals surface area contributed by atoms with Crippen LogP contribution in [0.5, 0.6) is 11.5 Å². The summed E-state index contributed by atoms with van der Waals surface area (Å²) in [6.45, 7) is 6.48. The first-order valence-electron chi connectivity index (χ1n) is 7.01. The van der Waals surface area contributed by atoms with Crippen LogP contribution in [-0.4, -0.2) is 10.7 Å². The summed E-state index contributed by atoms with van der Waals surface area (Å²) < 4.78 is 5.95. The Kier molecular flexibility index (Phi) is 6.03. The van der Waals surface area contributed by atoms with Gasteiger partial charge in [0, 0.05) is 0 Å². The summed E-state index contributed by atoms with van der Waals surface area (Å²) in [4.78, 5) is 0. The van der Waals surface area contributed by atoms with Gasteiger partial charge >= 0.3 is 0 Å². The maximum Gasteiger partial charge on any atom is 0.120 e. The van der Waals surface area contributed by atoms with Gasteiger partial charge in [-0.25, -0.2) is 0 Å². The van der Waals surface area contributed by atoms with Gasteiger partial charge in [-0.05, 0) is 51.0 Å². The van der Waals surface area contributed by atoms with E-state index in [1.54, 1.807) is 12.1 Å². The zero-order valence-electron chi connectivity index (χ0n) is 11.9. The number of hydrogen-bond acceptors (Lipinski definition) is 2. The first-order valence-corrected chi connectivity index (χ1v) is 7.01. The Balaban J connectivity index is 2.32. The first-order chi connectivity index (χ1) is 8.53. The van der Waals surface area contributed by atoms with Gasteiger partial charge in [0.15, 0.2) is 0 Å². The van der Waals surface area contributed by atoms with Gasteiger partial charge in [-0.2, -0.15) is 0 Å². The first kappa shape index (κ1) is 14.9. The van der Waals surface area contributed by atoms with Gasteiger partial charge in [-0.1, -0.05) is 32.6 Å². The number of phenols is 1. The second-order valence-electron chi connectivity index (χ2n) is 5.52. The predicted octanol–water partition coefficient (Wildman–Crippen LogP) is 4.91. The topological polar surface area (TPSA) is 29.5 Å². The SMILES string of the molecule is CCCCCCCC(C)(C)Oc1ccc(O)cc1. The van der Waals surface area contributed by atoms with Crippen molar-refractivity contribution in [3.63, 3.8) is 0 Å². The Bertz CT molecular complexity index is 327. The fourth-order valence-corrected chi connectivity index (χ4v) is 2.04. The fraction of sp³-hybridized carbons (Fsp3) is 0.625. The highest BCUT2D eigenvalue weighted by atomic mass is 16.5. The smallest absolute Gasteiger partial charge is 0.120 e. The zero-order valence-corrected chi connectivity index (χ0v) is 11.9. The molecule has 0 bridgehead atoms. The monoisotopic (exact) mass is 250 g/mol. The summed E-state index contributed by atoms with van der Waals surface area (Å²) >= 11 is 0. The third-order valence-electron chi connectivity index (χ3n) is 3.11. The number of phenolic OH excluding ortho intramolecular Hbond substituents is 1. The van der Waals surface area contributed by atoms with Crippen LogP contribution in [0, 0.1) is 0 Å². The lowest BCUT2D eigenvalue weighted by atomic mass is 9.99. The molecule has 18 heavy (non-hydrogen) atoms. The Labute approximate surface area is 111 Å². The minimum absolute atomic E-state index is 0.136. The molecule has 0 spiro atoms. The van der Waals surface area contributed by atoms with Crippen molar-refractivity contribution in [2.24, 2.45) is 0 Å². The van der Waals surface area contributed by atoms with Crippen molar-refractivity contribution in [1.29, 1.82) is 0 Å². The van der Waals surface area contributed by atoms with E-state index in [0.717, 1.165) is 12.2 Å². The van der Waals surface area contributed by atoms with Gasteiger partial charge < -0.3 is 9.84 Å². The number of rotatable bonds is 8. The van der Waals surface area contributed by atoms with E-state index >= 15 is 0 Å². The van der Waals surface area contributed by atoms with Crippen LogP contribution in [0.3, 0.4) is 0 Å². The van der Waals surface area contributed by atoms with Crippen LogP contribution in [0.25, 0.3) is 0 Å². The zero-order chi connectivity index (χ0) is 13.4. The molecule has 0 atom stereocenters. The lowest BCUT2D eigenvalue weighted by molar-refractivity contribution is 0.0960. The Morgan fingerprint density at radius 2 is 1.61 bits per heavy atom. The highest BCUT2D eigenvalue weighted by Crippen LogP contribution is 2.24. The van der Waals surface area contributed by atoms with Gasteiger partial charge in [0.25, 0.3) is 0 Å². The highest BCUT2D eigenvalue weighted by molar-refractivity contribution is 5.30. The summed E-state index contributed by atoms with van der Waals surface area (Å²) in [6, 6.07) is 6.95. The molecule has 1 aromatic rings. The predicted molar refractivity (Wildman–Crippen MR) is 76.2 cm³/mol. The van der Waals surface area contributed by atoms with Crippen LogP contribution in [0.4, 0.5) is 0 Å². The molecule has 1 N–H and O–H groups in total. The molecule has 1 rings (SSSR count). The lowest BCUT2D eigenvalue weighted by Gasteiger charge is -2.26. The third-order valence-corrected chi connectivity index (χ3v) is 3.11. The largest absolute Gasteiger partial charge is 0.508 e. The van der Waals surface area contributed by atoms with E-state index < -0.39 is 0 Å². The van der Waals surface area contributed by atoms with E-state index in [4.69, 9.17) is 4.74 Å². The molecule has 0 fully saturated rings. The van der Waals surface area contributed by atoms with Crippen LogP contribution in [0.15, 0.2) is 24.3 Å². The van der Waals surface area contributed by atoms with Gasteiger partial charge in [0.05, 0.1) is 0 Å². The molecule has 0 aliphatic heterocycles. The molecule has 0 amide bonds. The summed E-state index contributed by atoms with van der Waals surface area (Å²) in [7, 11) is 0. The molecule has 0 saturated heterocycles. The molecule has 0 saturated carbocycles. The van der Waals surface area contributed by atoms with Crippen molar-refractivity contribution in [1.82, 2.24) is 0 Å². The molecule has 0 aliphatic carbocycles. The van der Waals surface area contributed by atoms with E-state index in [1.807, 2.05) is 12.1 Å². The van der Waals surface area contributed by atoms with Crippen molar-refractivity contribution >= 4 is 0 Å². The lowest BCUT2D eigenvalue weighted by Crippen LogP contribution is -2.27. The van der Waals surface area contributed by atoms with E-state index in [2.05, 4.69) is 20.8 Å². The van der Waals surface area contributed by atoms with Crippen LogP contribution in [0.2, 0.25) is 0 Å². The normalized spacial score (nSPS) is 11.5. The average Bonchev–Trinajstić information content (AvgIpc) is 2.31. The number of aromatic hydroxyl groups is 1. The van der Waals surface area contributed by atoms with Crippen LogP contribution >= 0.6 is 0 Å². The number of unbranched alkanes of at least 4 members (excludes halogenated alkanes) is 4. The highest BCUT2D eigenvalue weighted by Gasteiger charge is 2.19. The van der Waals surface area contributed by atoms with E-state index in [0.29, 0.717) is 0 Å². The van der Waals surface area contributed by atoms with Crippen molar-refractivity contribution in [3.05, 3.63) is 24.3 Å². The molecular weight excluding hydrogens is 224 g/mol. The molecule has 2 nitrogen and oxygen atoms in total. The minimum atomic E-state index is -0.136. The summed E-state index contributed by atoms with van der Waals surface area (Å²) in [5.74, 6) is 1.10. The van der Waals surface area contributed by atoms with Crippen LogP contribution in [-0.2, 0) is 0 Å². The standard InChI is InChI=1S/C16H26O2/c1-4-5-6-7-8-13-16(2,3)18-15-11-9-14(17)10-12-15/h9-12,17H,4-8,13H2,1-3H3. The molecule has 0 aliphatic rings. The van der Waals surface area contributed by atoms with E-state index in [-0.39, 0.29) is 11.4 Å². The van der Waals surface area contributed by atoms with Crippen LogP contribution in [0.1, 0.15) is 59.3 Å². The van der Waals surface area contributed by atoms with Crippen molar-refractivity contribution in [3.8, 4) is 11.5 Å². The second-order valence-corrected chi connectivity index (χ2v) is 5.52. The molecule has 0 unspecified atom stereocenters. The third kappa shape index (κ3) is 5.95. The van der Waals surface area contributed by atoms with E-state index in [9.17, 15) is 5.11 Å². The van der Waals surface area contributed by atoms with Crippen molar-refractivity contribution in [2.45, 2.75) is 64.9 Å². The Morgan fingerprint density at radius 1 is 1.00 bits per heavy atom. The molecule has 2 heteroatoms. The second kappa shape index (κ2) is 7.30. The van der Waals surface area contributed by atoms with Gasteiger partial charge in [0.1, 0.15) is 17.1 Å². The van der Waals surface area contributed by atoms with Crippen molar-refractivity contribution in [2.75, 3.05) is 0 Å². The fourth-order valence-electron chi connectivity index (χ4n) is 2.04. The van der Waals surface area contributed by atoms with Gasteiger partial charge in [-0.15, -0.1) is 0 Å². The molecular formula is C16H26O2. The van der Waals surface area contributed by atoms with Gasteiger partial charge in [0.2, 0.25) is 0 Å².